The molecule has 0 bridgehead atoms. The molecular formula is C78H78Cl3N15O5Si2. The van der Waals surface area contributed by atoms with Crippen molar-refractivity contribution in [3.63, 3.8) is 0 Å². The fraction of sp³-hybridized carbons (Fsp3) is 0.192. The molecule has 20 nitrogen and oxygen atoms in total. The number of carbonyl (C=O) groups excluding carboxylic acids is 3. The van der Waals surface area contributed by atoms with Crippen molar-refractivity contribution in [1.29, 1.82) is 0 Å². The topological polar surface area (TPSA) is 329 Å². The van der Waals surface area contributed by atoms with Crippen molar-refractivity contribution >= 4 is 86.5 Å². The van der Waals surface area contributed by atoms with Crippen molar-refractivity contribution in [3.05, 3.63) is 228 Å². The molecule has 0 unspecified atom stereocenters. The summed E-state index contributed by atoms with van der Waals surface area (Å²) in [5.74, 6) is 13.6. The first-order valence-electron chi connectivity index (χ1n) is 32.5. The molecule has 0 saturated carbocycles. The van der Waals surface area contributed by atoms with Gasteiger partial charge in [0.2, 0.25) is 17.8 Å². The number of nitrogens with zero attached hydrogens (tertiary/aromatic N) is 8. The van der Waals surface area contributed by atoms with Crippen LogP contribution in [0.2, 0.25) is 66.4 Å². The number of terminal acetylenes is 1. The Kier molecular flexibility index (Phi) is 24.8. The summed E-state index contributed by atoms with van der Waals surface area (Å²) in [6.45, 7) is 21.1. The van der Waals surface area contributed by atoms with Gasteiger partial charge in [-0.1, -0.05) is 158 Å². The van der Waals surface area contributed by atoms with Gasteiger partial charge in [0, 0.05) is 90.8 Å². The summed E-state index contributed by atoms with van der Waals surface area (Å²) in [5.41, 5.74) is 49.2. The maximum absolute atomic E-state index is 12.8. The molecule has 0 spiro atoms. The van der Waals surface area contributed by atoms with E-state index in [0.29, 0.717) is 113 Å². The number of carbonyl (C=O) groups is 3. The van der Waals surface area contributed by atoms with Crippen molar-refractivity contribution < 1.29 is 23.9 Å². The predicted molar refractivity (Wildman–Crippen MR) is 418 cm³/mol. The van der Waals surface area contributed by atoms with E-state index in [-0.39, 0.29) is 31.3 Å². The fourth-order valence-corrected chi connectivity index (χ4v) is 12.8. The third-order valence-corrected chi connectivity index (χ3v) is 20.3. The second-order valence-corrected chi connectivity index (χ2v) is 39.0. The van der Waals surface area contributed by atoms with Crippen molar-refractivity contribution in [3.8, 4) is 104 Å². The number of primary amides is 3. The molecular weight excluding hydrogens is 1390 g/mol. The number of aromatic nitrogens is 9. The van der Waals surface area contributed by atoms with Gasteiger partial charge in [-0.05, 0) is 128 Å². The number of amides is 3. The van der Waals surface area contributed by atoms with Crippen molar-refractivity contribution in [2.24, 2.45) is 17.2 Å². The highest BCUT2D eigenvalue weighted by Crippen LogP contribution is 2.40. The van der Waals surface area contributed by atoms with Crippen LogP contribution in [0.5, 0.6) is 0 Å². The molecule has 25 heteroatoms. The minimum atomic E-state index is -1.32. The van der Waals surface area contributed by atoms with Gasteiger partial charge >= 0.3 is 0 Å². The zero-order chi connectivity index (χ0) is 74.4. The van der Waals surface area contributed by atoms with Crippen LogP contribution >= 0.6 is 34.8 Å². The van der Waals surface area contributed by atoms with Gasteiger partial charge in [-0.2, -0.15) is 0 Å². The van der Waals surface area contributed by atoms with Gasteiger partial charge in [0.05, 0.1) is 67.5 Å². The maximum Gasteiger partial charge on any atom is 0.250 e. The van der Waals surface area contributed by atoms with Gasteiger partial charge in [-0.15, -0.1) is 6.42 Å². The van der Waals surface area contributed by atoms with Crippen LogP contribution < -0.4 is 34.4 Å². The lowest BCUT2D eigenvalue weighted by Gasteiger charge is -2.19. The Morgan fingerprint density at radius 1 is 0.485 bits per heavy atom. The summed E-state index contributed by atoms with van der Waals surface area (Å²) in [6, 6.07) is 42.7. The summed E-state index contributed by atoms with van der Waals surface area (Å²) in [6.07, 6.45) is 10.3. The lowest BCUT2D eigenvalue weighted by Crippen LogP contribution is -2.22. The molecule has 524 valence electrons. The SMILES string of the molecule is C#Cc1cnc(N)nc1-c1cc(C(N)=O)c(-c2cc(Cl)ccc2C)n1COCC[Si](C)(C)C.Cc1ccc(Cl)cc1-c1[nH]c(-c2nc(N)ncc2C#Cc2ccccc2)cc1C(N)=O.Cc1ccc(Cl)cc1-c1c(C(N)=O)cc(-c2nc(N)ncc2C#Cc2ccccc2)n1COCC[Si](C)(C)C. The number of nitrogens with two attached hydrogens (primary N) is 6. The number of hydrogen-bond acceptors (Lipinski definition) is 14. The molecule has 11 aromatic rings. The van der Waals surface area contributed by atoms with E-state index in [0.717, 1.165) is 56.6 Å². The molecule has 11 rings (SSSR count). The smallest absolute Gasteiger partial charge is 0.250 e. The van der Waals surface area contributed by atoms with Crippen LogP contribution in [-0.2, 0) is 22.9 Å². The molecule has 13 N–H and O–H groups in total. The number of H-pyrrole nitrogens is 1. The molecule has 0 fully saturated rings. The Bertz CT molecular complexity index is 5170. The molecule has 0 radical (unpaired) electrons. The highest BCUT2D eigenvalue weighted by Gasteiger charge is 2.28. The van der Waals surface area contributed by atoms with Gasteiger partial charge in [0.25, 0.3) is 17.7 Å². The zero-order valence-corrected chi connectivity index (χ0v) is 62.7. The number of rotatable bonds is 19. The maximum atomic E-state index is 12.8. The number of nitrogens with one attached hydrogen (secondary N) is 1. The Labute approximate surface area is 616 Å². The molecule has 0 aliphatic carbocycles. The van der Waals surface area contributed by atoms with Gasteiger partial charge in [0.15, 0.2) is 0 Å². The van der Waals surface area contributed by atoms with E-state index in [1.807, 2.05) is 121 Å². The Hall–Kier alpha value is -11.1. The first kappa shape index (κ1) is 76.1. The second kappa shape index (κ2) is 33.6. The van der Waals surface area contributed by atoms with E-state index < -0.39 is 33.9 Å². The minimum Gasteiger partial charge on any atom is -0.368 e. The highest BCUT2D eigenvalue weighted by atomic mass is 35.5. The number of benzene rings is 5. The number of aromatic amines is 1. The number of aryl methyl sites for hydroxylation is 3. The Morgan fingerprint density at radius 3 is 1.25 bits per heavy atom. The lowest BCUT2D eigenvalue weighted by atomic mass is 10.0. The van der Waals surface area contributed by atoms with E-state index in [1.165, 1.54) is 6.20 Å². The number of ether oxygens (including phenoxy) is 2. The largest absolute Gasteiger partial charge is 0.368 e. The van der Waals surface area contributed by atoms with Crippen molar-refractivity contribution in [2.75, 3.05) is 30.4 Å². The quantitative estimate of drug-likeness (QED) is 0.0225. The van der Waals surface area contributed by atoms with Gasteiger partial charge < -0.3 is 58.0 Å². The molecule has 5 aromatic carbocycles. The number of halogens is 3. The minimum absolute atomic E-state index is 0.0671. The summed E-state index contributed by atoms with van der Waals surface area (Å²) in [7, 11) is -2.61. The van der Waals surface area contributed by atoms with Crippen LogP contribution in [0.4, 0.5) is 17.8 Å². The molecule has 6 aromatic heterocycles. The Morgan fingerprint density at radius 2 is 0.854 bits per heavy atom. The summed E-state index contributed by atoms with van der Waals surface area (Å²) in [5, 5.41) is 1.63. The van der Waals surface area contributed by atoms with E-state index in [9.17, 15) is 14.4 Å². The molecule has 6 heterocycles. The third-order valence-electron chi connectivity index (χ3n) is 16.2. The number of nitrogen functional groups attached to an aromatic ring is 3. The lowest BCUT2D eigenvalue weighted by molar-refractivity contribution is 0.0890. The first-order chi connectivity index (χ1) is 49.0. The van der Waals surface area contributed by atoms with Crippen LogP contribution in [-0.4, -0.2) is 91.1 Å². The van der Waals surface area contributed by atoms with Crippen molar-refractivity contribution in [1.82, 2.24) is 44.0 Å². The summed E-state index contributed by atoms with van der Waals surface area (Å²) < 4.78 is 16.0. The van der Waals surface area contributed by atoms with Crippen LogP contribution in [0.15, 0.2) is 152 Å². The van der Waals surface area contributed by atoms with Crippen LogP contribution in [0.25, 0.3) is 67.9 Å². The molecule has 0 aliphatic rings. The molecule has 0 atom stereocenters. The predicted octanol–water partition coefficient (Wildman–Crippen LogP) is 14.7. The van der Waals surface area contributed by atoms with E-state index in [2.05, 4.69) is 104 Å². The first-order valence-corrected chi connectivity index (χ1v) is 41.1. The van der Waals surface area contributed by atoms with Gasteiger partial charge in [-0.3, -0.25) is 14.4 Å². The molecule has 103 heavy (non-hydrogen) atoms. The van der Waals surface area contributed by atoms with E-state index in [4.69, 9.17) is 85.1 Å². The monoisotopic (exact) mass is 1470 g/mol. The second-order valence-electron chi connectivity index (χ2n) is 26.4. The highest BCUT2D eigenvalue weighted by molar-refractivity contribution is 6.76. The molecule has 0 aliphatic heterocycles. The third kappa shape index (κ3) is 19.7. The average Bonchev–Trinajstić information content (AvgIpc) is 1.63. The van der Waals surface area contributed by atoms with Gasteiger partial charge in [0.1, 0.15) is 30.5 Å². The number of hydrogen-bond donors (Lipinski definition) is 7. The normalized spacial score (nSPS) is 11.0. The summed E-state index contributed by atoms with van der Waals surface area (Å²) >= 11 is 18.9. The van der Waals surface area contributed by atoms with Crippen LogP contribution in [0.3, 0.4) is 0 Å². The van der Waals surface area contributed by atoms with E-state index in [1.54, 1.807) is 54.9 Å². The number of anilines is 3. The fourth-order valence-electron chi connectivity index (χ4n) is 10.7. The van der Waals surface area contributed by atoms with Gasteiger partial charge in [-0.25, -0.2) is 29.9 Å². The van der Waals surface area contributed by atoms with Crippen LogP contribution in [0, 0.1) is 56.8 Å². The standard InChI is InChI=1S/C30H32ClN5O2Si.C24H28ClN5O2Si.C24H18ClN5O/c1-20-10-13-23(31)16-24(20)28-25(29(32)37)17-26(36(28)19-38-14-15-39(2,3)4)27-22(18-34-30(33)35-27)12-11-21-8-6-5-7-9-21;1-6-16-13-28-24(27)29-21(16)20-12-19(23(26)31)22(18-11-17(25)8-7-15(18)2)30(20)14-32-9-10-33(3,4)5;1-14-7-10-17(25)11-18(14)22-19(23(26)31)12-20(29-22)21-16(13-28-24(27)30-21)9-8-15-5-3-2-4-6-15/h5-10,13,16-18H,14-15,19H2,1-4H3,(H2,32,37)(H2,33,34,35);1,7-8,11-13H,9-10,14H2,2-5H3,(H2,26,31)(H2,27,28,29);2-7,10-13,29H,1H3,(H2,26,31)(H2,27,28,30). The Balaban J connectivity index is 0.000000181. The van der Waals surface area contributed by atoms with Crippen molar-refractivity contribution in [2.45, 2.75) is 85.6 Å². The summed E-state index contributed by atoms with van der Waals surface area (Å²) in [4.78, 5) is 66.2. The molecule has 3 amide bonds. The van der Waals surface area contributed by atoms with E-state index >= 15 is 0 Å². The van der Waals surface area contributed by atoms with Crippen LogP contribution in [0.1, 0.15) is 75.6 Å². The molecule has 0 saturated heterocycles. The average molecular weight is 1470 g/mol. The zero-order valence-electron chi connectivity index (χ0n) is 58.5.